The first kappa shape index (κ1) is 21.6. The van der Waals surface area contributed by atoms with Crippen LogP contribution < -0.4 is 14.4 Å². The molecule has 1 atom stereocenters. The van der Waals surface area contributed by atoms with Gasteiger partial charge in [0.1, 0.15) is 6.54 Å². The number of carbonyl (C=O) groups excluding carboxylic acids is 1. The minimum Gasteiger partial charge on any atom is -0.491 e. The van der Waals surface area contributed by atoms with E-state index in [1.165, 1.54) is 31.5 Å². The van der Waals surface area contributed by atoms with E-state index >= 15 is 0 Å². The Kier molecular flexibility index (Phi) is 5.27. The molecule has 0 unspecified atom stereocenters. The Morgan fingerprint density at radius 1 is 1.16 bits per heavy atom. The van der Waals surface area contributed by atoms with E-state index in [-0.39, 0.29) is 11.6 Å². The van der Waals surface area contributed by atoms with Crippen LogP contribution in [-0.4, -0.2) is 46.1 Å². The minimum atomic E-state index is -4.41. The average Bonchev–Trinajstić information content (AvgIpc) is 3.28. The van der Waals surface area contributed by atoms with Crippen LogP contribution in [0.1, 0.15) is 34.6 Å². The van der Waals surface area contributed by atoms with Crippen molar-refractivity contribution in [3.8, 4) is 22.9 Å². The van der Waals surface area contributed by atoms with Crippen LogP contribution in [0, 0.1) is 6.92 Å². The number of aryl methyl sites for hydroxylation is 1. The van der Waals surface area contributed by atoms with Gasteiger partial charge in [-0.05, 0) is 31.5 Å². The molecule has 0 aromatic carbocycles. The van der Waals surface area contributed by atoms with Crippen molar-refractivity contribution in [2.75, 3.05) is 19.1 Å². The molecule has 3 aromatic heterocycles. The zero-order valence-electron chi connectivity index (χ0n) is 17.8. The van der Waals surface area contributed by atoms with Crippen LogP contribution in [0.15, 0.2) is 30.7 Å². The number of anilines is 1. The van der Waals surface area contributed by atoms with Crippen molar-refractivity contribution < 1.29 is 27.4 Å². The van der Waals surface area contributed by atoms with Gasteiger partial charge in [-0.25, -0.2) is 9.97 Å². The highest BCUT2D eigenvalue weighted by atomic mass is 19.4. The maximum absolute atomic E-state index is 13.1. The summed E-state index contributed by atoms with van der Waals surface area (Å²) in [5, 5.41) is 3.75. The van der Waals surface area contributed by atoms with Crippen LogP contribution >= 0.6 is 0 Å². The average molecular weight is 447 g/mol. The first-order chi connectivity index (χ1) is 15.1. The van der Waals surface area contributed by atoms with Crippen LogP contribution in [0.4, 0.5) is 18.9 Å². The van der Waals surface area contributed by atoms with E-state index in [4.69, 9.17) is 9.47 Å². The van der Waals surface area contributed by atoms with Crippen molar-refractivity contribution in [3.05, 3.63) is 47.5 Å². The van der Waals surface area contributed by atoms with Gasteiger partial charge in [-0.15, -0.1) is 0 Å². The second-order valence-corrected chi connectivity index (χ2v) is 7.38. The molecule has 4 heterocycles. The smallest absolute Gasteiger partial charge is 0.408 e. The number of methoxy groups -OCH3 is 2. The van der Waals surface area contributed by atoms with Crippen molar-refractivity contribution in [2.24, 2.45) is 0 Å². The SMILES string of the molecule is COc1cc(-c2cc(C)c3c(n2)[C@@H](C)N(c2cnn(CC(F)(F)F)c2)C3=O)cnc1OC. The van der Waals surface area contributed by atoms with Crippen LogP contribution in [0.25, 0.3) is 11.3 Å². The number of fused-ring (bicyclic) bond motifs is 1. The highest BCUT2D eigenvalue weighted by Crippen LogP contribution is 2.39. The summed E-state index contributed by atoms with van der Waals surface area (Å²) in [7, 11) is 2.99. The molecule has 8 nitrogen and oxygen atoms in total. The largest absolute Gasteiger partial charge is 0.491 e. The van der Waals surface area contributed by atoms with Gasteiger partial charge in [-0.2, -0.15) is 18.3 Å². The molecule has 0 bridgehead atoms. The lowest BCUT2D eigenvalue weighted by molar-refractivity contribution is -0.142. The predicted molar refractivity (Wildman–Crippen MR) is 109 cm³/mol. The molecule has 3 aromatic rings. The fourth-order valence-corrected chi connectivity index (χ4v) is 3.80. The number of aromatic nitrogens is 4. The normalized spacial score (nSPS) is 15.8. The molecule has 0 saturated carbocycles. The molecule has 168 valence electrons. The summed E-state index contributed by atoms with van der Waals surface area (Å²) in [5.41, 5.74) is 3.19. The minimum absolute atomic E-state index is 0.276. The van der Waals surface area contributed by atoms with E-state index in [0.29, 0.717) is 39.7 Å². The lowest BCUT2D eigenvalue weighted by atomic mass is 10.0. The standard InChI is InChI=1S/C21H20F3N5O3/c1-11-5-15(13-6-16(31-3)19(32-4)25-7-13)27-18-12(2)29(20(30)17(11)18)14-8-26-28(9-14)10-21(22,23)24/h5-9,12H,10H2,1-4H3/t12-/m1/s1. The molecule has 0 radical (unpaired) electrons. The summed E-state index contributed by atoms with van der Waals surface area (Å²) in [6.45, 7) is 2.33. The van der Waals surface area contributed by atoms with Gasteiger partial charge in [-0.1, -0.05) is 0 Å². The maximum Gasteiger partial charge on any atom is 0.408 e. The first-order valence-electron chi connectivity index (χ1n) is 9.65. The Bertz CT molecular complexity index is 1190. The van der Waals surface area contributed by atoms with Gasteiger partial charge in [0, 0.05) is 18.0 Å². The van der Waals surface area contributed by atoms with Crippen molar-refractivity contribution in [3.63, 3.8) is 0 Å². The zero-order chi connectivity index (χ0) is 23.2. The summed E-state index contributed by atoms with van der Waals surface area (Å²) < 4.78 is 49.3. The quantitative estimate of drug-likeness (QED) is 0.589. The summed E-state index contributed by atoms with van der Waals surface area (Å²) in [6.07, 6.45) is -0.355. The molecule has 1 amide bonds. The summed E-state index contributed by atoms with van der Waals surface area (Å²) in [5.74, 6) is 0.438. The fraction of sp³-hybridized carbons (Fsp3) is 0.333. The van der Waals surface area contributed by atoms with Crippen LogP contribution in [0.5, 0.6) is 11.6 Å². The van der Waals surface area contributed by atoms with Gasteiger partial charge in [0.05, 0.1) is 49.1 Å². The molecule has 11 heteroatoms. The fourth-order valence-electron chi connectivity index (χ4n) is 3.80. The van der Waals surface area contributed by atoms with E-state index in [9.17, 15) is 18.0 Å². The lowest BCUT2D eigenvalue weighted by Crippen LogP contribution is -2.26. The summed E-state index contributed by atoms with van der Waals surface area (Å²) >= 11 is 0. The number of amides is 1. The van der Waals surface area contributed by atoms with Gasteiger partial charge in [0.2, 0.25) is 0 Å². The van der Waals surface area contributed by atoms with Crippen molar-refractivity contribution in [2.45, 2.75) is 32.6 Å². The van der Waals surface area contributed by atoms with Gasteiger partial charge in [0.25, 0.3) is 11.8 Å². The zero-order valence-corrected chi connectivity index (χ0v) is 17.8. The number of hydrogen-bond acceptors (Lipinski definition) is 6. The summed E-state index contributed by atoms with van der Waals surface area (Å²) in [4.78, 5) is 23.4. The maximum atomic E-state index is 13.1. The van der Waals surface area contributed by atoms with E-state index in [0.717, 1.165) is 4.68 Å². The number of ether oxygens (including phenoxy) is 2. The van der Waals surface area contributed by atoms with Gasteiger partial charge in [-0.3, -0.25) is 14.4 Å². The Hall–Kier alpha value is -3.63. The number of hydrogen-bond donors (Lipinski definition) is 0. The molecular formula is C21H20F3N5O3. The van der Waals surface area contributed by atoms with E-state index in [2.05, 4.69) is 15.1 Å². The Balaban J connectivity index is 1.71. The summed E-state index contributed by atoms with van der Waals surface area (Å²) in [6, 6.07) is 3.01. The third kappa shape index (κ3) is 3.74. The molecule has 0 N–H and O–H groups in total. The number of pyridine rings is 2. The molecule has 0 saturated heterocycles. The Morgan fingerprint density at radius 2 is 1.91 bits per heavy atom. The molecule has 32 heavy (non-hydrogen) atoms. The third-order valence-corrected chi connectivity index (χ3v) is 5.23. The van der Waals surface area contributed by atoms with Crippen LogP contribution in [0.3, 0.4) is 0 Å². The first-order valence-corrected chi connectivity index (χ1v) is 9.65. The molecule has 0 aliphatic carbocycles. The second kappa shape index (κ2) is 7.81. The van der Waals surface area contributed by atoms with Crippen molar-refractivity contribution >= 4 is 11.6 Å². The van der Waals surface area contributed by atoms with Crippen LogP contribution in [0.2, 0.25) is 0 Å². The molecule has 0 spiro atoms. The van der Waals surface area contributed by atoms with Gasteiger partial charge < -0.3 is 9.47 Å². The number of halogens is 3. The molecule has 0 fully saturated rings. The lowest BCUT2D eigenvalue weighted by Gasteiger charge is -2.19. The van der Waals surface area contributed by atoms with Crippen molar-refractivity contribution in [1.82, 2.24) is 19.7 Å². The monoisotopic (exact) mass is 447 g/mol. The Morgan fingerprint density at radius 3 is 2.56 bits per heavy atom. The van der Waals surface area contributed by atoms with Gasteiger partial charge >= 0.3 is 6.18 Å². The van der Waals surface area contributed by atoms with Gasteiger partial charge in [0.15, 0.2) is 5.75 Å². The van der Waals surface area contributed by atoms with E-state index in [1.807, 2.05) is 0 Å². The van der Waals surface area contributed by atoms with E-state index < -0.39 is 18.8 Å². The molecular weight excluding hydrogens is 427 g/mol. The number of carbonyl (C=O) groups is 1. The highest BCUT2D eigenvalue weighted by Gasteiger charge is 2.39. The van der Waals surface area contributed by atoms with Crippen molar-refractivity contribution in [1.29, 1.82) is 0 Å². The number of nitrogens with zero attached hydrogens (tertiary/aromatic N) is 5. The molecule has 4 rings (SSSR count). The van der Waals surface area contributed by atoms with Crippen LogP contribution in [-0.2, 0) is 6.54 Å². The predicted octanol–water partition coefficient (Wildman–Crippen LogP) is 3.95. The topological polar surface area (TPSA) is 82.4 Å². The molecule has 1 aliphatic heterocycles. The Labute approximate surface area is 181 Å². The molecule has 1 aliphatic rings. The third-order valence-electron chi connectivity index (χ3n) is 5.23. The number of alkyl halides is 3. The van der Waals surface area contributed by atoms with E-state index in [1.54, 1.807) is 32.2 Å². The number of rotatable bonds is 5. The highest BCUT2D eigenvalue weighted by molar-refractivity contribution is 6.11. The second-order valence-electron chi connectivity index (χ2n) is 7.38.